The summed E-state index contributed by atoms with van der Waals surface area (Å²) in [5.74, 6) is -2.25. The molecule has 1 fully saturated rings. The normalized spacial score (nSPS) is 22.9. The third-order valence-corrected chi connectivity index (χ3v) is 5.28. The van der Waals surface area contributed by atoms with Crippen LogP contribution in [0.15, 0.2) is 23.1 Å². The molecule has 112 valence electrons. The van der Waals surface area contributed by atoms with Crippen molar-refractivity contribution in [2.75, 3.05) is 13.1 Å². The van der Waals surface area contributed by atoms with E-state index in [4.69, 9.17) is 16.1 Å². The Morgan fingerprint density at radius 2 is 2.19 bits per heavy atom. The van der Waals surface area contributed by atoms with E-state index in [0.717, 1.165) is 16.4 Å². The van der Waals surface area contributed by atoms with Crippen LogP contribution in [0.3, 0.4) is 0 Å². The van der Waals surface area contributed by atoms with Gasteiger partial charge in [0, 0.05) is 13.1 Å². The number of nitrogens with zero attached hydrogens (tertiary/aromatic N) is 2. The van der Waals surface area contributed by atoms with Crippen LogP contribution in [-0.4, -0.2) is 42.4 Å². The predicted molar refractivity (Wildman–Crippen MR) is 69.0 cm³/mol. The largest absolute Gasteiger partial charge is 0.480 e. The van der Waals surface area contributed by atoms with Crippen LogP contribution in [0.1, 0.15) is 12.0 Å². The van der Waals surface area contributed by atoms with E-state index in [-0.39, 0.29) is 13.0 Å². The Balaban J connectivity index is 2.44. The highest BCUT2D eigenvalue weighted by Crippen LogP contribution is 2.28. The van der Waals surface area contributed by atoms with E-state index in [0.29, 0.717) is 0 Å². The van der Waals surface area contributed by atoms with Crippen LogP contribution < -0.4 is 5.73 Å². The summed E-state index contributed by atoms with van der Waals surface area (Å²) < 4.78 is 39.3. The van der Waals surface area contributed by atoms with E-state index < -0.39 is 44.4 Å². The molecule has 0 radical (unpaired) electrons. The summed E-state index contributed by atoms with van der Waals surface area (Å²) in [6, 6.07) is 4.76. The van der Waals surface area contributed by atoms with Crippen LogP contribution in [0.2, 0.25) is 0 Å². The lowest BCUT2D eigenvalue weighted by Gasteiger charge is -2.20. The minimum Gasteiger partial charge on any atom is -0.480 e. The molecule has 1 heterocycles. The molecule has 7 nitrogen and oxygen atoms in total. The Bertz CT molecular complexity index is 743. The molecule has 0 bridgehead atoms. The Labute approximate surface area is 120 Å². The van der Waals surface area contributed by atoms with Gasteiger partial charge in [0.15, 0.2) is 0 Å². The van der Waals surface area contributed by atoms with Gasteiger partial charge in [-0.2, -0.15) is 9.57 Å². The smallest absolute Gasteiger partial charge is 0.325 e. The average Bonchev–Trinajstić information content (AvgIpc) is 2.83. The summed E-state index contributed by atoms with van der Waals surface area (Å²) in [7, 11) is -4.18. The van der Waals surface area contributed by atoms with Crippen molar-refractivity contribution in [1.29, 1.82) is 5.26 Å². The van der Waals surface area contributed by atoms with E-state index in [1.807, 2.05) is 0 Å². The topological polar surface area (TPSA) is 124 Å². The van der Waals surface area contributed by atoms with Crippen LogP contribution in [0.25, 0.3) is 0 Å². The molecular weight excluding hydrogens is 301 g/mol. The Kier molecular flexibility index (Phi) is 3.71. The van der Waals surface area contributed by atoms with E-state index in [9.17, 15) is 17.6 Å². The van der Waals surface area contributed by atoms with Gasteiger partial charge in [0.25, 0.3) is 0 Å². The zero-order valence-electron chi connectivity index (χ0n) is 10.8. The molecule has 1 aromatic carbocycles. The maximum Gasteiger partial charge on any atom is 0.325 e. The van der Waals surface area contributed by atoms with E-state index >= 15 is 0 Å². The van der Waals surface area contributed by atoms with Crippen molar-refractivity contribution in [3.05, 3.63) is 29.6 Å². The Hall–Kier alpha value is -2.02. The number of rotatable bonds is 3. The zero-order chi connectivity index (χ0) is 15.8. The summed E-state index contributed by atoms with van der Waals surface area (Å²) in [5.41, 5.74) is 3.35. The van der Waals surface area contributed by atoms with E-state index in [2.05, 4.69) is 0 Å². The lowest BCUT2D eigenvalue weighted by Crippen LogP contribution is -2.50. The molecule has 0 saturated carbocycles. The number of carboxylic acid groups (broad SMARTS) is 1. The fourth-order valence-electron chi connectivity index (χ4n) is 2.14. The molecule has 1 aromatic rings. The average molecular weight is 313 g/mol. The van der Waals surface area contributed by atoms with Crippen LogP contribution >= 0.6 is 0 Å². The summed E-state index contributed by atoms with van der Waals surface area (Å²) in [6.07, 6.45) is -0.0568. The molecule has 3 N–H and O–H groups in total. The Morgan fingerprint density at radius 1 is 1.52 bits per heavy atom. The summed E-state index contributed by atoms with van der Waals surface area (Å²) in [5, 5.41) is 17.9. The number of aliphatic carboxylic acids is 1. The van der Waals surface area contributed by atoms with Crippen molar-refractivity contribution in [3.63, 3.8) is 0 Å². The first kappa shape index (κ1) is 15.4. The minimum atomic E-state index is -4.18. The molecule has 0 aliphatic carbocycles. The predicted octanol–water partition coefficient (Wildman–Crippen LogP) is -0.126. The highest BCUT2D eigenvalue weighted by atomic mass is 32.2. The number of halogens is 1. The van der Waals surface area contributed by atoms with Gasteiger partial charge in [-0.05, 0) is 18.6 Å². The SMILES string of the molecule is N#Cc1c(F)cccc1S(=O)(=O)N1CCC(N)(C(=O)O)C1. The molecule has 2 rings (SSSR count). The van der Waals surface area contributed by atoms with Crippen molar-refractivity contribution in [3.8, 4) is 6.07 Å². The van der Waals surface area contributed by atoms with Gasteiger partial charge in [-0.1, -0.05) is 6.07 Å². The number of nitriles is 1. The lowest BCUT2D eigenvalue weighted by atomic mass is 10.0. The van der Waals surface area contributed by atoms with Gasteiger partial charge in [-0.3, -0.25) is 4.79 Å². The molecule has 0 spiro atoms. The molecule has 1 aliphatic heterocycles. The molecule has 0 aromatic heterocycles. The third kappa shape index (κ3) is 2.49. The summed E-state index contributed by atoms with van der Waals surface area (Å²) >= 11 is 0. The first-order valence-electron chi connectivity index (χ1n) is 5.93. The standard InChI is InChI=1S/C12H12FN3O4S/c13-9-2-1-3-10(8(9)6-14)21(19,20)16-5-4-12(15,7-16)11(17)18/h1-3H,4-5,7,15H2,(H,17,18). The number of carboxylic acids is 1. The monoisotopic (exact) mass is 313 g/mol. The first-order valence-corrected chi connectivity index (χ1v) is 7.37. The molecule has 9 heteroatoms. The summed E-state index contributed by atoms with van der Waals surface area (Å²) in [4.78, 5) is 10.6. The number of hydrogen-bond acceptors (Lipinski definition) is 5. The number of benzene rings is 1. The lowest BCUT2D eigenvalue weighted by molar-refractivity contribution is -0.142. The van der Waals surface area contributed by atoms with Crippen LogP contribution in [0.4, 0.5) is 4.39 Å². The van der Waals surface area contributed by atoms with Crippen molar-refractivity contribution < 1.29 is 22.7 Å². The van der Waals surface area contributed by atoms with Gasteiger partial charge in [0.1, 0.15) is 27.9 Å². The fourth-order valence-corrected chi connectivity index (χ4v) is 3.81. The number of nitrogens with two attached hydrogens (primary N) is 1. The molecular formula is C12H12FN3O4S. The van der Waals surface area contributed by atoms with Crippen LogP contribution in [0, 0.1) is 17.1 Å². The highest BCUT2D eigenvalue weighted by molar-refractivity contribution is 7.89. The quantitative estimate of drug-likeness (QED) is 0.801. The molecule has 1 unspecified atom stereocenters. The molecule has 1 saturated heterocycles. The molecule has 1 aliphatic rings. The highest BCUT2D eigenvalue weighted by Gasteiger charge is 2.46. The van der Waals surface area contributed by atoms with Crippen LogP contribution in [-0.2, 0) is 14.8 Å². The van der Waals surface area contributed by atoms with Gasteiger partial charge in [-0.15, -0.1) is 0 Å². The maximum absolute atomic E-state index is 13.5. The Morgan fingerprint density at radius 3 is 2.71 bits per heavy atom. The van der Waals surface area contributed by atoms with Crippen molar-refractivity contribution >= 4 is 16.0 Å². The molecule has 21 heavy (non-hydrogen) atoms. The van der Waals surface area contributed by atoms with Gasteiger partial charge in [0.05, 0.1) is 0 Å². The minimum absolute atomic E-state index is 0.0568. The van der Waals surface area contributed by atoms with Gasteiger partial charge in [0.2, 0.25) is 10.0 Å². The fraction of sp³-hybridized carbons (Fsp3) is 0.333. The maximum atomic E-state index is 13.5. The number of carbonyl (C=O) groups is 1. The van der Waals surface area contributed by atoms with Gasteiger partial charge < -0.3 is 10.8 Å². The van der Waals surface area contributed by atoms with Crippen molar-refractivity contribution in [2.45, 2.75) is 16.9 Å². The second kappa shape index (κ2) is 5.07. The van der Waals surface area contributed by atoms with Crippen molar-refractivity contribution in [1.82, 2.24) is 4.31 Å². The van der Waals surface area contributed by atoms with E-state index in [1.165, 1.54) is 12.1 Å². The zero-order valence-corrected chi connectivity index (χ0v) is 11.6. The second-order valence-corrected chi connectivity index (χ2v) is 6.68. The third-order valence-electron chi connectivity index (χ3n) is 3.40. The summed E-state index contributed by atoms with van der Waals surface area (Å²) in [6.45, 7) is -0.529. The van der Waals surface area contributed by atoms with Gasteiger partial charge in [-0.25, -0.2) is 12.8 Å². The number of sulfonamides is 1. The van der Waals surface area contributed by atoms with Gasteiger partial charge >= 0.3 is 5.97 Å². The van der Waals surface area contributed by atoms with Crippen molar-refractivity contribution in [2.24, 2.45) is 5.73 Å². The first-order chi connectivity index (χ1) is 9.72. The van der Waals surface area contributed by atoms with Crippen LogP contribution in [0.5, 0.6) is 0 Å². The number of hydrogen-bond donors (Lipinski definition) is 2. The molecule has 0 amide bonds. The second-order valence-electron chi connectivity index (χ2n) is 4.77. The van der Waals surface area contributed by atoms with E-state index in [1.54, 1.807) is 0 Å². The molecule has 1 atom stereocenters.